The largest absolute Gasteiger partial charge is 0.493 e. The number of Topliss-reactive ketones (excluding diaryl/α,β-unsaturated/α-hetero) is 2. The fourth-order valence-corrected chi connectivity index (χ4v) is 3.04. The average Bonchev–Trinajstić information content (AvgIpc) is 3.06. The molecule has 2 aliphatic carbocycles. The molecule has 0 amide bonds. The second-order valence-corrected chi connectivity index (χ2v) is 7.85. The predicted octanol–water partition coefficient (Wildman–Crippen LogP) is 3.05. The van der Waals surface area contributed by atoms with Gasteiger partial charge in [0, 0.05) is 12.8 Å². The zero-order valence-electron chi connectivity index (χ0n) is 13.7. The summed E-state index contributed by atoms with van der Waals surface area (Å²) in [6.07, 6.45) is 5.45. The summed E-state index contributed by atoms with van der Waals surface area (Å²) in [7, 11) is 1.54. The monoisotopic (exact) mass is 294 g/mol. The van der Waals surface area contributed by atoms with Gasteiger partial charge in [-0.3, -0.25) is 9.59 Å². The maximum atomic E-state index is 11.2. The van der Waals surface area contributed by atoms with Crippen LogP contribution in [0.1, 0.15) is 53.4 Å². The van der Waals surface area contributed by atoms with E-state index in [-0.39, 0.29) is 28.8 Å². The first-order valence-corrected chi connectivity index (χ1v) is 7.59. The van der Waals surface area contributed by atoms with Crippen LogP contribution in [0.25, 0.3) is 0 Å². The summed E-state index contributed by atoms with van der Waals surface area (Å²) in [6, 6.07) is 0. The molecule has 0 aromatic carbocycles. The Kier molecular flexibility index (Phi) is 4.29. The number of fused-ring (bicyclic) bond motifs is 1. The van der Waals surface area contributed by atoms with E-state index in [4.69, 9.17) is 9.47 Å². The Labute approximate surface area is 126 Å². The molecular formula is C17H26O4. The molecule has 21 heavy (non-hydrogen) atoms. The van der Waals surface area contributed by atoms with E-state index in [9.17, 15) is 9.59 Å². The first-order valence-electron chi connectivity index (χ1n) is 7.59. The van der Waals surface area contributed by atoms with Gasteiger partial charge in [-0.15, -0.1) is 0 Å². The maximum absolute atomic E-state index is 11.2. The molecule has 0 aromatic heterocycles. The summed E-state index contributed by atoms with van der Waals surface area (Å²) in [5, 5.41) is 0. The Morgan fingerprint density at radius 3 is 2.33 bits per heavy atom. The Balaban J connectivity index is 0.000000154. The van der Waals surface area contributed by atoms with Crippen molar-refractivity contribution >= 4 is 11.6 Å². The molecule has 3 rings (SSSR count). The molecule has 1 saturated carbocycles. The highest BCUT2D eigenvalue weighted by Crippen LogP contribution is 2.43. The van der Waals surface area contributed by atoms with E-state index in [1.807, 2.05) is 6.08 Å². The molecule has 1 heterocycles. The number of hydrogen-bond donors (Lipinski definition) is 0. The summed E-state index contributed by atoms with van der Waals surface area (Å²) in [4.78, 5) is 22.4. The third kappa shape index (κ3) is 4.16. The Hall–Kier alpha value is -1.16. The van der Waals surface area contributed by atoms with E-state index < -0.39 is 0 Å². The third-order valence-corrected chi connectivity index (χ3v) is 4.28. The van der Waals surface area contributed by atoms with Crippen LogP contribution in [0.5, 0.6) is 0 Å². The first-order chi connectivity index (χ1) is 9.63. The first kappa shape index (κ1) is 16.2. The summed E-state index contributed by atoms with van der Waals surface area (Å²) in [6.45, 7) is 8.44. The lowest BCUT2D eigenvalue weighted by molar-refractivity contribution is -0.123. The van der Waals surface area contributed by atoms with Crippen LogP contribution in [0.3, 0.4) is 0 Å². The van der Waals surface area contributed by atoms with Crippen molar-refractivity contribution in [3.8, 4) is 0 Å². The average molecular weight is 294 g/mol. The zero-order chi connectivity index (χ0) is 15.8. The lowest BCUT2D eigenvalue weighted by atomic mass is 9.77. The lowest BCUT2D eigenvalue weighted by Crippen LogP contribution is -2.28. The highest BCUT2D eigenvalue weighted by Gasteiger charge is 2.52. The number of allylic oxidation sites excluding steroid dienone is 2. The molecule has 4 heteroatoms. The molecule has 2 fully saturated rings. The van der Waals surface area contributed by atoms with Gasteiger partial charge in [0.2, 0.25) is 0 Å². The normalized spacial score (nSPS) is 32.3. The number of methoxy groups -OCH3 is 1. The minimum atomic E-state index is -0.00646. The minimum Gasteiger partial charge on any atom is -0.493 e. The molecule has 118 valence electrons. The van der Waals surface area contributed by atoms with Crippen LogP contribution < -0.4 is 0 Å². The van der Waals surface area contributed by atoms with Crippen LogP contribution in [-0.2, 0) is 19.1 Å². The minimum absolute atomic E-state index is 0.00646. The van der Waals surface area contributed by atoms with Crippen LogP contribution >= 0.6 is 0 Å². The molecular weight excluding hydrogens is 268 g/mol. The van der Waals surface area contributed by atoms with E-state index in [1.165, 1.54) is 0 Å². The fourth-order valence-electron chi connectivity index (χ4n) is 3.04. The number of carbonyl (C=O) groups is 2. The topological polar surface area (TPSA) is 55.9 Å². The van der Waals surface area contributed by atoms with Crippen molar-refractivity contribution in [3.63, 3.8) is 0 Å². The molecule has 0 radical (unpaired) electrons. The van der Waals surface area contributed by atoms with Gasteiger partial charge in [0.05, 0.1) is 13.2 Å². The zero-order valence-corrected chi connectivity index (χ0v) is 13.7. The van der Waals surface area contributed by atoms with Gasteiger partial charge in [-0.05, 0) is 29.7 Å². The van der Waals surface area contributed by atoms with Gasteiger partial charge in [0.15, 0.2) is 17.3 Å². The van der Waals surface area contributed by atoms with Gasteiger partial charge in [-0.1, -0.05) is 27.7 Å². The van der Waals surface area contributed by atoms with E-state index in [1.54, 1.807) is 7.11 Å². The molecule has 1 saturated heterocycles. The summed E-state index contributed by atoms with van der Waals surface area (Å²) in [5.41, 5.74) is 0.313. The molecule has 0 bridgehead atoms. The maximum Gasteiger partial charge on any atom is 0.197 e. The SMILES string of the molecule is CC1(C)CC(=O)C2OC2C1.COC1=CCC(C)(C)CC1=O. The second kappa shape index (κ2) is 5.56. The van der Waals surface area contributed by atoms with Gasteiger partial charge in [-0.25, -0.2) is 0 Å². The third-order valence-electron chi connectivity index (χ3n) is 4.28. The van der Waals surface area contributed by atoms with Crippen molar-refractivity contribution in [2.45, 2.75) is 65.6 Å². The molecule has 2 atom stereocenters. The van der Waals surface area contributed by atoms with Crippen molar-refractivity contribution in [2.75, 3.05) is 7.11 Å². The summed E-state index contributed by atoms with van der Waals surface area (Å²) < 4.78 is 10.1. The Morgan fingerprint density at radius 2 is 1.81 bits per heavy atom. The van der Waals surface area contributed by atoms with Gasteiger partial charge in [0.25, 0.3) is 0 Å². The number of carbonyl (C=O) groups excluding carboxylic acids is 2. The number of epoxide rings is 1. The highest BCUT2D eigenvalue weighted by molar-refractivity contribution is 5.94. The summed E-state index contributed by atoms with van der Waals surface area (Å²) in [5.74, 6) is 0.967. The van der Waals surface area contributed by atoms with Crippen LogP contribution in [-0.4, -0.2) is 30.9 Å². The summed E-state index contributed by atoms with van der Waals surface area (Å²) >= 11 is 0. The van der Waals surface area contributed by atoms with E-state index in [0.717, 1.165) is 12.8 Å². The van der Waals surface area contributed by atoms with Gasteiger partial charge in [-0.2, -0.15) is 0 Å². The van der Waals surface area contributed by atoms with Crippen LogP contribution in [0.2, 0.25) is 0 Å². The van der Waals surface area contributed by atoms with Crippen molar-refractivity contribution in [1.29, 1.82) is 0 Å². The van der Waals surface area contributed by atoms with Crippen LogP contribution in [0.4, 0.5) is 0 Å². The van der Waals surface area contributed by atoms with Crippen molar-refractivity contribution in [1.82, 2.24) is 0 Å². The van der Waals surface area contributed by atoms with Gasteiger partial charge in [0.1, 0.15) is 6.10 Å². The quantitative estimate of drug-likeness (QED) is 0.697. The van der Waals surface area contributed by atoms with Crippen LogP contribution in [0.15, 0.2) is 11.8 Å². The van der Waals surface area contributed by atoms with Gasteiger partial charge < -0.3 is 9.47 Å². The number of rotatable bonds is 1. The molecule has 0 N–H and O–H groups in total. The number of ketones is 2. The Bertz CT molecular complexity index is 473. The number of ether oxygens (including phenoxy) is 2. The van der Waals surface area contributed by atoms with E-state index >= 15 is 0 Å². The molecule has 4 nitrogen and oxygen atoms in total. The molecule has 0 aromatic rings. The molecule has 0 spiro atoms. The molecule has 1 aliphatic heterocycles. The molecule has 2 unspecified atom stereocenters. The second-order valence-electron chi connectivity index (χ2n) is 7.85. The van der Waals surface area contributed by atoms with E-state index in [0.29, 0.717) is 24.4 Å². The highest BCUT2D eigenvalue weighted by atomic mass is 16.6. The molecule has 3 aliphatic rings. The Morgan fingerprint density at radius 1 is 1.14 bits per heavy atom. The van der Waals surface area contributed by atoms with Crippen molar-refractivity contribution in [3.05, 3.63) is 11.8 Å². The van der Waals surface area contributed by atoms with E-state index in [2.05, 4.69) is 27.7 Å². The number of hydrogen-bond acceptors (Lipinski definition) is 4. The fraction of sp³-hybridized carbons (Fsp3) is 0.765. The van der Waals surface area contributed by atoms with Crippen molar-refractivity contribution < 1.29 is 19.1 Å². The lowest BCUT2D eigenvalue weighted by Gasteiger charge is -2.26. The standard InChI is InChI=1S/C9H14O2.C8H12O2/c1-9(2)5-4-8(11-3)7(10)6-9;1-8(2)3-5(9)7-6(4-8)10-7/h4H,5-6H2,1-3H3;6-7H,3-4H2,1-2H3. The van der Waals surface area contributed by atoms with Gasteiger partial charge >= 0.3 is 0 Å². The van der Waals surface area contributed by atoms with Crippen LogP contribution in [0, 0.1) is 10.8 Å². The van der Waals surface area contributed by atoms with Crippen molar-refractivity contribution in [2.24, 2.45) is 10.8 Å². The smallest absolute Gasteiger partial charge is 0.197 e. The predicted molar refractivity (Wildman–Crippen MR) is 79.8 cm³/mol.